The molecule has 4 aromatic rings. The van der Waals surface area contributed by atoms with Crippen molar-refractivity contribution < 1.29 is 9.53 Å². The highest BCUT2D eigenvalue weighted by Gasteiger charge is 2.55. The number of benzene rings is 3. The Morgan fingerprint density at radius 3 is 2.47 bits per heavy atom. The highest BCUT2D eigenvalue weighted by Crippen LogP contribution is 2.47. The van der Waals surface area contributed by atoms with Crippen LogP contribution >= 0.6 is 11.3 Å². The fourth-order valence-corrected chi connectivity index (χ4v) is 5.88. The number of hydrogen-bond donors (Lipinski definition) is 1. The third-order valence-electron chi connectivity index (χ3n) is 6.30. The highest BCUT2D eigenvalue weighted by molar-refractivity contribution is 7.07. The van der Waals surface area contributed by atoms with Gasteiger partial charge in [0.1, 0.15) is 11.7 Å². The SMILES string of the molecule is C[C@@]12N=c3s/c(=C/c4ccccc4)c(=O)n3[C@H](c3ccccc3O1)[C@@H]2C(=O)Nc1ccccc1. The summed E-state index contributed by atoms with van der Waals surface area (Å²) in [6, 6.07) is 26.0. The van der Waals surface area contributed by atoms with E-state index in [0.29, 0.717) is 20.8 Å². The number of nitrogens with one attached hydrogen (secondary N) is 1. The van der Waals surface area contributed by atoms with Crippen LogP contribution in [0.2, 0.25) is 0 Å². The van der Waals surface area contributed by atoms with Gasteiger partial charge in [0.05, 0.1) is 10.6 Å². The quantitative estimate of drug-likeness (QED) is 0.502. The standard InChI is InChI=1S/C27H21N3O3S/c1-27-22(24(31)28-18-12-6-3-7-13-18)23(19-14-8-9-15-20(19)33-27)30-25(32)21(34-26(30)29-27)16-17-10-4-2-5-11-17/h2-16,22-23H,1H3,(H,28,31)/b21-16+/t22-,23-,27-/m1/s1. The number of rotatable bonds is 3. The van der Waals surface area contributed by atoms with Gasteiger partial charge in [-0.2, -0.15) is 0 Å². The summed E-state index contributed by atoms with van der Waals surface area (Å²) in [4.78, 5) is 32.7. The van der Waals surface area contributed by atoms with E-state index in [2.05, 4.69) is 5.32 Å². The molecule has 0 radical (unpaired) electrons. The van der Waals surface area contributed by atoms with Gasteiger partial charge in [-0.1, -0.05) is 78.1 Å². The second-order valence-corrected chi connectivity index (χ2v) is 9.57. The Bertz CT molecular complexity index is 1580. The number of aromatic nitrogens is 1. The number of thiazole rings is 1. The van der Waals surface area contributed by atoms with Gasteiger partial charge in [0.25, 0.3) is 5.56 Å². The second kappa shape index (κ2) is 7.81. The van der Waals surface area contributed by atoms with E-state index in [1.165, 1.54) is 11.3 Å². The van der Waals surface area contributed by atoms with Crippen LogP contribution in [0.1, 0.15) is 24.1 Å². The normalized spacial score (nSPS) is 22.7. The summed E-state index contributed by atoms with van der Waals surface area (Å²) in [7, 11) is 0. The lowest BCUT2D eigenvalue weighted by atomic mass is 9.80. The Morgan fingerprint density at radius 1 is 1.03 bits per heavy atom. The molecule has 0 fully saturated rings. The van der Waals surface area contributed by atoms with Crippen molar-refractivity contribution in [3.05, 3.63) is 116 Å². The zero-order valence-corrected chi connectivity index (χ0v) is 19.2. The average molecular weight is 468 g/mol. The molecule has 3 heterocycles. The Morgan fingerprint density at radius 2 is 1.71 bits per heavy atom. The number of anilines is 1. The number of carbonyl (C=O) groups excluding carboxylic acids is 1. The predicted molar refractivity (Wildman–Crippen MR) is 132 cm³/mol. The molecule has 7 heteroatoms. The van der Waals surface area contributed by atoms with Crippen molar-refractivity contribution in [2.45, 2.75) is 18.7 Å². The Labute approximate surface area is 199 Å². The summed E-state index contributed by atoms with van der Waals surface area (Å²) in [5.41, 5.74) is 1.11. The first-order chi connectivity index (χ1) is 16.5. The molecule has 0 aliphatic carbocycles. The van der Waals surface area contributed by atoms with Crippen molar-refractivity contribution in [2.24, 2.45) is 10.9 Å². The first-order valence-electron chi connectivity index (χ1n) is 11.1. The number of fused-ring (bicyclic) bond motifs is 6. The number of amides is 1. The zero-order valence-electron chi connectivity index (χ0n) is 18.3. The Kier molecular flexibility index (Phi) is 4.74. The van der Waals surface area contributed by atoms with Gasteiger partial charge in [0.15, 0.2) is 4.80 Å². The van der Waals surface area contributed by atoms with Crippen molar-refractivity contribution in [1.29, 1.82) is 0 Å². The molecule has 1 amide bonds. The summed E-state index contributed by atoms with van der Waals surface area (Å²) >= 11 is 1.32. The molecule has 0 saturated heterocycles. The molecule has 1 N–H and O–H groups in total. The van der Waals surface area contributed by atoms with Gasteiger partial charge in [-0.25, -0.2) is 4.99 Å². The lowest BCUT2D eigenvalue weighted by Gasteiger charge is -2.45. The van der Waals surface area contributed by atoms with Gasteiger partial charge < -0.3 is 10.1 Å². The van der Waals surface area contributed by atoms with E-state index in [0.717, 1.165) is 11.1 Å². The molecule has 2 aliphatic rings. The summed E-state index contributed by atoms with van der Waals surface area (Å²) in [6.07, 6.45) is 1.87. The van der Waals surface area contributed by atoms with Crippen molar-refractivity contribution >= 4 is 29.0 Å². The number of hydrogen-bond acceptors (Lipinski definition) is 5. The molecule has 0 unspecified atom stereocenters. The van der Waals surface area contributed by atoms with E-state index in [9.17, 15) is 9.59 Å². The molecule has 3 aromatic carbocycles. The Balaban J connectivity index is 1.55. The third kappa shape index (κ3) is 3.28. The van der Waals surface area contributed by atoms with Crippen LogP contribution in [0, 0.1) is 5.92 Å². The lowest BCUT2D eigenvalue weighted by Crippen LogP contribution is -2.59. The topological polar surface area (TPSA) is 72.7 Å². The van der Waals surface area contributed by atoms with Gasteiger partial charge in [0.2, 0.25) is 11.6 Å². The molecule has 0 spiro atoms. The first-order valence-corrected chi connectivity index (χ1v) is 11.9. The van der Waals surface area contributed by atoms with Crippen LogP contribution < -0.4 is 24.9 Å². The molecule has 3 atom stereocenters. The van der Waals surface area contributed by atoms with Gasteiger partial charge >= 0.3 is 0 Å². The number of para-hydroxylation sites is 2. The fraction of sp³-hybridized carbons (Fsp3) is 0.148. The molecule has 6 rings (SSSR count). The van der Waals surface area contributed by atoms with Crippen molar-refractivity contribution in [3.8, 4) is 5.75 Å². The third-order valence-corrected chi connectivity index (χ3v) is 7.28. The second-order valence-electron chi connectivity index (χ2n) is 8.56. The van der Waals surface area contributed by atoms with E-state index in [1.54, 1.807) is 4.57 Å². The van der Waals surface area contributed by atoms with Gasteiger partial charge in [0, 0.05) is 11.3 Å². The zero-order chi connectivity index (χ0) is 23.3. The van der Waals surface area contributed by atoms with Gasteiger partial charge in [-0.3, -0.25) is 14.2 Å². The van der Waals surface area contributed by atoms with Crippen LogP contribution in [0.4, 0.5) is 5.69 Å². The molecule has 2 bridgehead atoms. The minimum absolute atomic E-state index is 0.158. The van der Waals surface area contributed by atoms with Crippen LogP contribution in [0.15, 0.2) is 94.7 Å². The number of carbonyl (C=O) groups is 1. The molecule has 34 heavy (non-hydrogen) atoms. The van der Waals surface area contributed by atoms with E-state index >= 15 is 0 Å². The summed E-state index contributed by atoms with van der Waals surface area (Å²) < 4.78 is 8.57. The predicted octanol–water partition coefficient (Wildman–Crippen LogP) is 3.32. The molecular weight excluding hydrogens is 446 g/mol. The molecular formula is C27H21N3O3S. The van der Waals surface area contributed by atoms with Crippen LogP contribution in [0.25, 0.3) is 6.08 Å². The van der Waals surface area contributed by atoms with E-state index in [-0.39, 0.29) is 11.5 Å². The smallest absolute Gasteiger partial charge is 0.270 e. The van der Waals surface area contributed by atoms with Gasteiger partial charge in [-0.15, -0.1) is 0 Å². The molecule has 1 aromatic heterocycles. The Hall–Kier alpha value is -3.97. The van der Waals surface area contributed by atoms with Crippen LogP contribution in [0.5, 0.6) is 5.75 Å². The number of ether oxygens (including phenoxy) is 1. The molecule has 2 aliphatic heterocycles. The maximum atomic E-state index is 13.7. The van der Waals surface area contributed by atoms with Crippen LogP contribution in [-0.4, -0.2) is 16.2 Å². The van der Waals surface area contributed by atoms with Crippen molar-refractivity contribution in [3.63, 3.8) is 0 Å². The average Bonchev–Trinajstić information content (AvgIpc) is 3.13. The first kappa shape index (κ1) is 20.6. The maximum absolute atomic E-state index is 13.7. The van der Waals surface area contributed by atoms with E-state index < -0.39 is 17.7 Å². The van der Waals surface area contributed by atoms with Crippen molar-refractivity contribution in [2.75, 3.05) is 5.32 Å². The van der Waals surface area contributed by atoms with Crippen LogP contribution in [0.3, 0.4) is 0 Å². The summed E-state index contributed by atoms with van der Waals surface area (Å²) in [5.74, 6) is -0.332. The fourth-order valence-electron chi connectivity index (χ4n) is 4.79. The monoisotopic (exact) mass is 467 g/mol. The minimum atomic E-state index is -1.15. The van der Waals surface area contributed by atoms with E-state index in [4.69, 9.17) is 9.73 Å². The molecule has 168 valence electrons. The highest BCUT2D eigenvalue weighted by atomic mass is 32.1. The number of nitrogens with zero attached hydrogens (tertiary/aromatic N) is 2. The molecule has 0 saturated carbocycles. The van der Waals surface area contributed by atoms with Crippen LogP contribution in [-0.2, 0) is 4.79 Å². The van der Waals surface area contributed by atoms with E-state index in [1.807, 2.05) is 97.9 Å². The van der Waals surface area contributed by atoms with Crippen molar-refractivity contribution in [1.82, 2.24) is 4.57 Å². The van der Waals surface area contributed by atoms with Gasteiger partial charge in [-0.05, 0) is 36.8 Å². The summed E-state index contributed by atoms with van der Waals surface area (Å²) in [6.45, 7) is 1.82. The maximum Gasteiger partial charge on any atom is 0.270 e. The largest absolute Gasteiger partial charge is 0.465 e. The molecule has 6 nitrogen and oxygen atoms in total. The minimum Gasteiger partial charge on any atom is -0.465 e. The summed E-state index contributed by atoms with van der Waals surface area (Å²) in [5, 5.41) is 2.99. The lowest BCUT2D eigenvalue weighted by molar-refractivity contribution is -0.131.